The zero-order chi connectivity index (χ0) is 34.4. The van der Waals surface area contributed by atoms with Gasteiger partial charge in [-0.25, -0.2) is 21.6 Å². The Labute approximate surface area is 265 Å². The number of hydrogen-bond acceptors (Lipinski definition) is 5. The Morgan fingerprint density at radius 3 is 1.89 bits per heavy atom. The van der Waals surface area contributed by atoms with Gasteiger partial charge in [-0.3, -0.25) is 4.90 Å². The van der Waals surface area contributed by atoms with Crippen LogP contribution in [-0.2, 0) is 31.5 Å². The molecule has 2 unspecified atom stereocenters. The summed E-state index contributed by atoms with van der Waals surface area (Å²) in [5.74, 6) is -3.50. The van der Waals surface area contributed by atoms with E-state index in [2.05, 4.69) is 14.5 Å². The van der Waals surface area contributed by atoms with E-state index in [1.165, 1.54) is 0 Å². The molecular formula is C32H31F9N2O3S. The maximum Gasteiger partial charge on any atom is 0.430 e. The van der Waals surface area contributed by atoms with E-state index >= 15 is 0 Å². The Morgan fingerprint density at radius 2 is 1.36 bits per heavy atom. The molecule has 0 radical (unpaired) electrons. The third-order valence-electron chi connectivity index (χ3n) is 9.25. The SMILES string of the molecule is CN1CCN(C2CCC(c3ccc(C(OCc4c(F)cccc4F)(C(F)(F)F)C(F)(F)F)cc3)(S(=O)(=O)c3ccc(F)cc3)C2)CC1. The van der Waals surface area contributed by atoms with Crippen molar-refractivity contribution >= 4 is 9.84 Å². The first kappa shape index (κ1) is 35.2. The summed E-state index contributed by atoms with van der Waals surface area (Å²) in [7, 11) is -2.44. The summed E-state index contributed by atoms with van der Waals surface area (Å²) < 4.78 is 160. The van der Waals surface area contributed by atoms with E-state index in [1.54, 1.807) is 0 Å². The van der Waals surface area contributed by atoms with Gasteiger partial charge in [0.2, 0.25) is 0 Å². The Kier molecular flexibility index (Phi) is 9.51. The zero-order valence-electron chi connectivity index (χ0n) is 25.0. The molecule has 5 nitrogen and oxygen atoms in total. The van der Waals surface area contributed by atoms with Crippen LogP contribution < -0.4 is 0 Å². The molecule has 1 saturated heterocycles. The van der Waals surface area contributed by atoms with E-state index in [0.717, 1.165) is 55.6 Å². The maximum atomic E-state index is 14.5. The summed E-state index contributed by atoms with van der Waals surface area (Å²) in [5.41, 5.74) is -7.66. The molecule has 1 aliphatic heterocycles. The average molecular weight is 695 g/mol. The maximum absolute atomic E-state index is 14.5. The smallest absolute Gasteiger partial charge is 0.349 e. The monoisotopic (exact) mass is 694 g/mol. The molecule has 1 aliphatic carbocycles. The Bertz CT molecular complexity index is 1640. The third-order valence-corrected chi connectivity index (χ3v) is 11.8. The van der Waals surface area contributed by atoms with Crippen LogP contribution in [0.4, 0.5) is 39.5 Å². The molecule has 0 N–H and O–H groups in total. The van der Waals surface area contributed by atoms with Gasteiger partial charge in [0.25, 0.3) is 5.60 Å². The highest BCUT2D eigenvalue weighted by Gasteiger charge is 2.73. The lowest BCUT2D eigenvalue weighted by Gasteiger charge is -2.38. The molecule has 0 aromatic heterocycles. The van der Waals surface area contributed by atoms with Crippen molar-refractivity contribution in [2.24, 2.45) is 0 Å². The fourth-order valence-corrected chi connectivity index (χ4v) is 8.77. The minimum atomic E-state index is -6.16. The number of piperazine rings is 1. The predicted octanol–water partition coefficient (Wildman–Crippen LogP) is 7.11. The van der Waals surface area contributed by atoms with Crippen LogP contribution in [0.2, 0.25) is 0 Å². The molecule has 0 bridgehead atoms. The summed E-state index contributed by atoms with van der Waals surface area (Å²) in [4.78, 5) is 3.96. The van der Waals surface area contributed by atoms with E-state index in [-0.39, 0.29) is 29.3 Å². The summed E-state index contributed by atoms with van der Waals surface area (Å²) in [6, 6.07) is 8.75. The van der Waals surface area contributed by atoms with Crippen LogP contribution in [-0.4, -0.2) is 69.8 Å². The van der Waals surface area contributed by atoms with Crippen molar-refractivity contribution in [1.29, 1.82) is 0 Å². The highest BCUT2D eigenvalue weighted by atomic mass is 32.2. The van der Waals surface area contributed by atoms with E-state index in [1.807, 2.05) is 7.05 Å². The molecule has 0 amide bonds. The first-order valence-corrected chi connectivity index (χ1v) is 16.2. The van der Waals surface area contributed by atoms with Gasteiger partial charge in [0, 0.05) is 43.3 Å². The lowest BCUT2D eigenvalue weighted by molar-refractivity contribution is -0.392. The molecule has 2 fully saturated rings. The van der Waals surface area contributed by atoms with Gasteiger partial charge in [0.1, 0.15) is 22.2 Å². The van der Waals surface area contributed by atoms with Crippen LogP contribution >= 0.6 is 0 Å². The molecule has 3 aromatic rings. The third kappa shape index (κ3) is 6.27. The second-order valence-corrected chi connectivity index (χ2v) is 14.2. The van der Waals surface area contributed by atoms with Gasteiger partial charge < -0.3 is 9.64 Å². The number of nitrogens with zero attached hydrogens (tertiary/aromatic N) is 2. The van der Waals surface area contributed by atoms with Gasteiger partial charge in [-0.2, -0.15) is 26.3 Å². The molecule has 256 valence electrons. The van der Waals surface area contributed by atoms with Gasteiger partial charge in [0.05, 0.1) is 11.5 Å². The highest BCUT2D eigenvalue weighted by molar-refractivity contribution is 7.92. The fourth-order valence-electron chi connectivity index (χ4n) is 6.58. The van der Waals surface area contributed by atoms with Crippen molar-refractivity contribution in [3.8, 4) is 0 Å². The van der Waals surface area contributed by atoms with Gasteiger partial charge >= 0.3 is 12.4 Å². The molecule has 1 saturated carbocycles. The van der Waals surface area contributed by atoms with E-state index in [0.29, 0.717) is 43.8 Å². The number of likely N-dealkylation sites (N-methyl/N-ethyl adjacent to an activating group) is 1. The first-order chi connectivity index (χ1) is 21.9. The van der Waals surface area contributed by atoms with Crippen LogP contribution in [0.5, 0.6) is 0 Å². The zero-order valence-corrected chi connectivity index (χ0v) is 25.8. The van der Waals surface area contributed by atoms with Crippen LogP contribution in [0.25, 0.3) is 0 Å². The summed E-state index contributed by atoms with van der Waals surface area (Å²) in [6.45, 7) is 0.987. The Balaban J connectivity index is 1.59. The van der Waals surface area contributed by atoms with Gasteiger partial charge in [0.15, 0.2) is 9.84 Å². The minimum Gasteiger partial charge on any atom is -0.349 e. The quantitative estimate of drug-likeness (QED) is 0.186. The topological polar surface area (TPSA) is 49.9 Å². The molecule has 15 heteroatoms. The van der Waals surface area contributed by atoms with Crippen LogP contribution in [0.1, 0.15) is 36.0 Å². The Hall–Kier alpha value is -3.14. The van der Waals surface area contributed by atoms with Crippen molar-refractivity contribution in [1.82, 2.24) is 9.80 Å². The highest BCUT2D eigenvalue weighted by Crippen LogP contribution is 2.55. The normalized spacial score (nSPS) is 22.1. The molecular weight excluding hydrogens is 663 g/mol. The molecule has 47 heavy (non-hydrogen) atoms. The van der Waals surface area contributed by atoms with Gasteiger partial charge in [-0.15, -0.1) is 0 Å². The molecule has 2 atom stereocenters. The van der Waals surface area contributed by atoms with Crippen LogP contribution in [0, 0.1) is 17.5 Å². The van der Waals surface area contributed by atoms with Crippen molar-refractivity contribution < 1.29 is 52.7 Å². The molecule has 3 aromatic carbocycles. The van der Waals surface area contributed by atoms with E-state index in [4.69, 9.17) is 0 Å². The molecule has 0 spiro atoms. The summed E-state index contributed by atoms with van der Waals surface area (Å²) >= 11 is 0. The molecule has 1 heterocycles. The number of ether oxygens (including phenoxy) is 1. The van der Waals surface area contributed by atoms with Crippen molar-refractivity contribution in [3.05, 3.63) is 101 Å². The number of hydrogen-bond donors (Lipinski definition) is 0. The molecule has 2 aliphatic rings. The van der Waals surface area contributed by atoms with Crippen LogP contribution in [0.15, 0.2) is 71.6 Å². The average Bonchev–Trinajstić information content (AvgIpc) is 3.46. The fraction of sp³-hybridized carbons (Fsp3) is 0.438. The number of alkyl halides is 6. The van der Waals surface area contributed by atoms with Crippen molar-refractivity contribution in [2.45, 2.75) is 59.5 Å². The largest absolute Gasteiger partial charge is 0.430 e. The predicted molar refractivity (Wildman–Crippen MR) is 153 cm³/mol. The van der Waals surface area contributed by atoms with E-state index in [9.17, 15) is 47.9 Å². The standard InChI is InChI=1S/C32H31F9N2O3S/c1-42-15-17-43(18-16-42)24-13-14-29(19-24,47(44,45)25-11-9-23(33)10-12-25)21-5-7-22(8-6-21)30(31(36,37)38,32(39,40)41)46-20-26-27(34)3-2-4-28(26)35/h2-12,24H,13-20H2,1H3. The minimum absolute atomic E-state index is 0.00416. The van der Waals surface area contributed by atoms with Crippen molar-refractivity contribution in [2.75, 3.05) is 33.2 Å². The second kappa shape index (κ2) is 12.7. The van der Waals surface area contributed by atoms with Crippen molar-refractivity contribution in [3.63, 3.8) is 0 Å². The summed E-state index contributed by atoms with van der Waals surface area (Å²) in [6.07, 6.45) is -12.0. The Morgan fingerprint density at radius 1 is 0.809 bits per heavy atom. The van der Waals surface area contributed by atoms with E-state index < -0.39 is 67.7 Å². The second-order valence-electron chi connectivity index (χ2n) is 11.9. The first-order valence-electron chi connectivity index (χ1n) is 14.7. The van der Waals surface area contributed by atoms with Crippen LogP contribution in [0.3, 0.4) is 0 Å². The number of rotatable bonds is 8. The number of halogens is 9. The number of sulfone groups is 1. The number of benzene rings is 3. The lowest BCUT2D eigenvalue weighted by Crippen LogP contribution is -2.56. The van der Waals surface area contributed by atoms with Gasteiger partial charge in [-0.1, -0.05) is 30.3 Å². The lowest BCUT2D eigenvalue weighted by atomic mass is 9.88. The van der Waals surface area contributed by atoms with Gasteiger partial charge in [-0.05, 0) is 68.3 Å². The molecule has 5 rings (SSSR count). The summed E-state index contributed by atoms with van der Waals surface area (Å²) in [5, 5.41) is 0.